The van der Waals surface area contributed by atoms with Gasteiger partial charge in [-0.3, -0.25) is 0 Å². The summed E-state index contributed by atoms with van der Waals surface area (Å²) in [5.74, 6) is 0.625. The van der Waals surface area contributed by atoms with Crippen LogP contribution in [0.1, 0.15) is 30.9 Å². The molecule has 0 saturated carbocycles. The van der Waals surface area contributed by atoms with Gasteiger partial charge in [0.15, 0.2) is 0 Å². The Bertz CT molecular complexity index is 952. The van der Waals surface area contributed by atoms with Crippen LogP contribution < -0.4 is 9.64 Å². The van der Waals surface area contributed by atoms with Crippen molar-refractivity contribution in [2.45, 2.75) is 31.6 Å². The summed E-state index contributed by atoms with van der Waals surface area (Å²) in [7, 11) is -2.13. The number of piperazine rings is 1. The van der Waals surface area contributed by atoms with Crippen molar-refractivity contribution in [2.24, 2.45) is 0 Å². The number of hydrogen-bond donors (Lipinski definition) is 0. The Morgan fingerprint density at radius 3 is 2.36 bits per heavy atom. The lowest BCUT2D eigenvalue weighted by Crippen LogP contribution is -2.48. The zero-order valence-electron chi connectivity index (χ0n) is 16.8. The summed E-state index contributed by atoms with van der Waals surface area (Å²) in [5, 5.41) is 0.725. The zero-order chi connectivity index (χ0) is 20.5. The highest BCUT2D eigenvalue weighted by Gasteiger charge is 2.31. The van der Waals surface area contributed by atoms with Crippen LogP contribution in [-0.2, 0) is 10.0 Å². The topological polar surface area (TPSA) is 49.9 Å². The van der Waals surface area contributed by atoms with Crippen LogP contribution in [0.2, 0.25) is 5.02 Å². The van der Waals surface area contributed by atoms with E-state index in [1.165, 1.54) is 7.11 Å². The first-order valence-electron chi connectivity index (χ1n) is 9.44. The molecule has 0 atom stereocenters. The third-order valence-electron chi connectivity index (χ3n) is 5.29. The summed E-state index contributed by atoms with van der Waals surface area (Å²) in [5.41, 5.74) is 3.06. The molecule has 0 aromatic heterocycles. The maximum absolute atomic E-state index is 13.3. The van der Waals surface area contributed by atoms with Gasteiger partial charge in [-0.25, -0.2) is 8.42 Å². The van der Waals surface area contributed by atoms with Gasteiger partial charge in [0.1, 0.15) is 10.6 Å². The minimum absolute atomic E-state index is 0.238. The third-order valence-corrected chi connectivity index (χ3v) is 7.62. The standard InChI is InChI=1S/C21H27ClN2O3S/c1-15(2)17-8-9-20(27-4)21(14-17)28(25,26)24-12-10-23(11-13-24)19-7-5-6-18(22)16(19)3/h5-9,14-15H,10-13H2,1-4H3. The number of nitrogens with zero attached hydrogens (tertiary/aromatic N) is 2. The van der Waals surface area contributed by atoms with Gasteiger partial charge in [-0.1, -0.05) is 37.6 Å². The smallest absolute Gasteiger partial charge is 0.246 e. The number of rotatable bonds is 5. The first kappa shape index (κ1) is 21.0. The number of hydrogen-bond acceptors (Lipinski definition) is 4. The second kappa shape index (κ2) is 8.31. The van der Waals surface area contributed by atoms with Gasteiger partial charge in [-0.15, -0.1) is 0 Å². The molecule has 1 saturated heterocycles. The van der Waals surface area contributed by atoms with Gasteiger partial charge < -0.3 is 9.64 Å². The summed E-state index contributed by atoms with van der Waals surface area (Å²) in [4.78, 5) is 2.43. The third kappa shape index (κ3) is 4.00. The largest absolute Gasteiger partial charge is 0.495 e. The molecule has 28 heavy (non-hydrogen) atoms. The Balaban J connectivity index is 1.84. The quantitative estimate of drug-likeness (QED) is 0.721. The van der Waals surface area contributed by atoms with E-state index in [0.717, 1.165) is 21.8 Å². The van der Waals surface area contributed by atoms with Crippen molar-refractivity contribution < 1.29 is 13.2 Å². The molecule has 0 amide bonds. The first-order chi connectivity index (χ1) is 13.3. The molecule has 3 rings (SSSR count). The van der Waals surface area contributed by atoms with E-state index >= 15 is 0 Å². The Labute approximate surface area is 172 Å². The van der Waals surface area contributed by atoms with Crippen molar-refractivity contribution in [3.8, 4) is 5.75 Å². The van der Waals surface area contributed by atoms with Crippen LogP contribution in [0.25, 0.3) is 0 Å². The van der Waals surface area contributed by atoms with Gasteiger partial charge in [-0.05, 0) is 48.2 Å². The summed E-state index contributed by atoms with van der Waals surface area (Å²) < 4.78 is 33.5. The minimum atomic E-state index is -3.63. The van der Waals surface area contributed by atoms with Crippen molar-refractivity contribution >= 4 is 27.3 Å². The molecule has 1 aliphatic heterocycles. The second-order valence-electron chi connectivity index (χ2n) is 7.34. The minimum Gasteiger partial charge on any atom is -0.495 e. The van der Waals surface area contributed by atoms with E-state index in [0.29, 0.717) is 31.9 Å². The number of methoxy groups -OCH3 is 1. The molecule has 1 aliphatic rings. The van der Waals surface area contributed by atoms with E-state index < -0.39 is 10.0 Å². The van der Waals surface area contributed by atoms with Gasteiger partial charge in [0.25, 0.3) is 0 Å². The van der Waals surface area contributed by atoms with Gasteiger partial charge in [0.2, 0.25) is 10.0 Å². The lowest BCUT2D eigenvalue weighted by Gasteiger charge is -2.36. The Kier molecular flexibility index (Phi) is 6.22. The predicted octanol–water partition coefficient (Wildman–Crippen LogP) is 4.29. The van der Waals surface area contributed by atoms with Crippen molar-refractivity contribution in [1.29, 1.82) is 0 Å². The fourth-order valence-corrected chi connectivity index (χ4v) is 5.28. The normalized spacial score (nSPS) is 15.9. The second-order valence-corrected chi connectivity index (χ2v) is 9.65. The average molecular weight is 423 g/mol. The fourth-order valence-electron chi connectivity index (χ4n) is 3.50. The van der Waals surface area contributed by atoms with Gasteiger partial charge >= 0.3 is 0 Å². The molecule has 5 nitrogen and oxygen atoms in total. The van der Waals surface area contributed by atoms with Crippen molar-refractivity contribution in [3.05, 3.63) is 52.5 Å². The SMILES string of the molecule is COc1ccc(C(C)C)cc1S(=O)(=O)N1CCN(c2cccc(Cl)c2C)CC1. The maximum atomic E-state index is 13.3. The Morgan fingerprint density at radius 1 is 1.07 bits per heavy atom. The number of sulfonamides is 1. The van der Waals surface area contributed by atoms with Crippen LogP contribution in [0.4, 0.5) is 5.69 Å². The summed E-state index contributed by atoms with van der Waals surface area (Å²) in [6.45, 7) is 8.16. The lowest BCUT2D eigenvalue weighted by molar-refractivity contribution is 0.374. The number of benzene rings is 2. The van der Waals surface area contributed by atoms with Crippen LogP contribution in [0.15, 0.2) is 41.3 Å². The van der Waals surface area contributed by atoms with Crippen molar-refractivity contribution in [1.82, 2.24) is 4.31 Å². The Hall–Kier alpha value is -1.76. The summed E-state index contributed by atoms with van der Waals surface area (Å²) >= 11 is 6.24. The summed E-state index contributed by atoms with van der Waals surface area (Å²) in [6, 6.07) is 11.2. The van der Waals surface area contributed by atoms with Gasteiger partial charge in [-0.2, -0.15) is 4.31 Å². The molecule has 152 valence electrons. The highest BCUT2D eigenvalue weighted by Crippen LogP contribution is 2.32. The molecule has 0 radical (unpaired) electrons. The maximum Gasteiger partial charge on any atom is 0.246 e. The van der Waals surface area contributed by atoms with E-state index in [1.807, 2.05) is 45.0 Å². The van der Waals surface area contributed by atoms with Gasteiger partial charge in [0.05, 0.1) is 7.11 Å². The molecular formula is C21H27ClN2O3S. The van der Waals surface area contributed by atoms with E-state index in [1.54, 1.807) is 16.4 Å². The predicted molar refractivity (Wildman–Crippen MR) is 114 cm³/mol. The van der Waals surface area contributed by atoms with E-state index in [9.17, 15) is 8.42 Å². The van der Waals surface area contributed by atoms with E-state index in [2.05, 4.69) is 4.90 Å². The monoisotopic (exact) mass is 422 g/mol. The number of anilines is 1. The molecule has 7 heteroatoms. The van der Waals surface area contributed by atoms with Crippen LogP contribution in [0.5, 0.6) is 5.75 Å². The molecular weight excluding hydrogens is 396 g/mol. The fraction of sp³-hybridized carbons (Fsp3) is 0.429. The highest BCUT2D eigenvalue weighted by atomic mass is 35.5. The molecule has 0 bridgehead atoms. The van der Waals surface area contributed by atoms with Crippen LogP contribution in [0, 0.1) is 6.92 Å². The molecule has 0 spiro atoms. The molecule has 2 aromatic rings. The summed E-state index contributed by atoms with van der Waals surface area (Å²) in [6.07, 6.45) is 0. The zero-order valence-corrected chi connectivity index (χ0v) is 18.3. The molecule has 1 fully saturated rings. The highest BCUT2D eigenvalue weighted by molar-refractivity contribution is 7.89. The van der Waals surface area contributed by atoms with Crippen molar-refractivity contribution in [2.75, 3.05) is 38.2 Å². The molecule has 0 aliphatic carbocycles. The molecule has 0 unspecified atom stereocenters. The molecule has 0 N–H and O–H groups in total. The van der Waals surface area contributed by atoms with Crippen LogP contribution in [-0.4, -0.2) is 46.0 Å². The Morgan fingerprint density at radius 2 is 1.75 bits per heavy atom. The van der Waals surface area contributed by atoms with Gasteiger partial charge in [0, 0.05) is 36.9 Å². The number of ether oxygens (including phenoxy) is 1. The first-order valence-corrected chi connectivity index (χ1v) is 11.3. The van der Waals surface area contributed by atoms with Crippen LogP contribution in [0.3, 0.4) is 0 Å². The number of halogens is 1. The van der Waals surface area contributed by atoms with Crippen LogP contribution >= 0.6 is 11.6 Å². The lowest BCUT2D eigenvalue weighted by atomic mass is 10.0. The average Bonchev–Trinajstić information content (AvgIpc) is 2.69. The van der Waals surface area contributed by atoms with E-state index in [4.69, 9.17) is 16.3 Å². The van der Waals surface area contributed by atoms with Crippen molar-refractivity contribution in [3.63, 3.8) is 0 Å². The molecule has 1 heterocycles. The van der Waals surface area contributed by atoms with E-state index in [-0.39, 0.29) is 10.8 Å². The molecule has 2 aromatic carbocycles.